The summed E-state index contributed by atoms with van der Waals surface area (Å²) >= 11 is 0. The molecular weight excluding hydrogens is 170 g/mol. The summed E-state index contributed by atoms with van der Waals surface area (Å²) in [6.45, 7) is 3.50. The van der Waals surface area contributed by atoms with Gasteiger partial charge in [0, 0.05) is 12.1 Å². The molecule has 4 nitrogen and oxygen atoms in total. The van der Waals surface area contributed by atoms with Crippen molar-refractivity contribution in [2.24, 2.45) is 0 Å². The van der Waals surface area contributed by atoms with Gasteiger partial charge in [0.2, 0.25) is 5.76 Å². The number of hydrogen-bond donors (Lipinski definition) is 1. The second-order valence-electron chi connectivity index (χ2n) is 2.91. The van der Waals surface area contributed by atoms with Crippen molar-refractivity contribution in [3.8, 4) is 0 Å². The highest BCUT2D eigenvalue weighted by molar-refractivity contribution is 5.86. The Morgan fingerprint density at radius 2 is 2.38 bits per heavy atom. The van der Waals surface area contributed by atoms with Crippen LogP contribution in [-0.4, -0.2) is 29.6 Å². The van der Waals surface area contributed by atoms with E-state index in [-0.39, 0.29) is 5.76 Å². The lowest BCUT2D eigenvalue weighted by Crippen LogP contribution is -2.17. The minimum absolute atomic E-state index is 0.0419. The fourth-order valence-electron chi connectivity index (χ4n) is 1.05. The van der Waals surface area contributed by atoms with Gasteiger partial charge in [-0.1, -0.05) is 6.92 Å². The minimum Gasteiger partial charge on any atom is -0.475 e. The molecule has 1 aromatic rings. The van der Waals surface area contributed by atoms with Crippen molar-refractivity contribution in [1.82, 2.24) is 4.90 Å². The molecule has 0 aliphatic rings. The van der Waals surface area contributed by atoms with Gasteiger partial charge in [-0.05, 0) is 19.7 Å². The molecule has 4 heteroatoms. The molecule has 0 fully saturated rings. The van der Waals surface area contributed by atoms with Crippen molar-refractivity contribution in [2.75, 3.05) is 13.6 Å². The van der Waals surface area contributed by atoms with Crippen LogP contribution in [-0.2, 0) is 6.54 Å². The fourth-order valence-corrected chi connectivity index (χ4v) is 1.05. The maximum absolute atomic E-state index is 10.6. The zero-order valence-corrected chi connectivity index (χ0v) is 7.78. The second kappa shape index (κ2) is 4.09. The first-order valence-corrected chi connectivity index (χ1v) is 4.13. The van der Waals surface area contributed by atoms with E-state index in [0.29, 0.717) is 6.54 Å². The van der Waals surface area contributed by atoms with Crippen molar-refractivity contribution in [1.29, 1.82) is 0 Å². The van der Waals surface area contributed by atoms with Crippen LogP contribution in [0.25, 0.3) is 0 Å². The van der Waals surface area contributed by atoms with Crippen LogP contribution in [0.5, 0.6) is 0 Å². The second-order valence-corrected chi connectivity index (χ2v) is 2.91. The predicted molar refractivity (Wildman–Crippen MR) is 47.7 cm³/mol. The van der Waals surface area contributed by atoms with Crippen LogP contribution in [0, 0.1) is 0 Å². The largest absolute Gasteiger partial charge is 0.475 e. The van der Waals surface area contributed by atoms with Crippen LogP contribution in [0.15, 0.2) is 16.7 Å². The lowest BCUT2D eigenvalue weighted by molar-refractivity contribution is 0.0659. The van der Waals surface area contributed by atoms with E-state index in [0.717, 1.165) is 12.1 Å². The molecule has 0 spiro atoms. The van der Waals surface area contributed by atoms with Crippen LogP contribution in [0.2, 0.25) is 0 Å². The third-order valence-electron chi connectivity index (χ3n) is 1.92. The average molecular weight is 183 g/mol. The molecule has 0 saturated heterocycles. The van der Waals surface area contributed by atoms with E-state index >= 15 is 0 Å². The highest BCUT2D eigenvalue weighted by atomic mass is 16.4. The molecule has 0 aliphatic heterocycles. The van der Waals surface area contributed by atoms with Crippen LogP contribution >= 0.6 is 0 Å². The summed E-state index contributed by atoms with van der Waals surface area (Å²) in [7, 11) is 1.93. The minimum atomic E-state index is -1.01. The number of furan rings is 1. The van der Waals surface area contributed by atoms with Crippen molar-refractivity contribution >= 4 is 5.97 Å². The predicted octanol–water partition coefficient (Wildman–Crippen LogP) is 1.43. The van der Waals surface area contributed by atoms with Crippen molar-refractivity contribution in [3.05, 3.63) is 23.7 Å². The summed E-state index contributed by atoms with van der Waals surface area (Å²) in [5.41, 5.74) is 0.719. The van der Waals surface area contributed by atoms with Crippen LogP contribution < -0.4 is 0 Å². The Morgan fingerprint density at radius 1 is 1.69 bits per heavy atom. The van der Waals surface area contributed by atoms with E-state index in [4.69, 9.17) is 9.52 Å². The number of nitrogens with zero attached hydrogens (tertiary/aromatic N) is 1. The normalized spacial score (nSPS) is 10.7. The first kappa shape index (κ1) is 9.80. The van der Waals surface area contributed by atoms with E-state index in [1.165, 1.54) is 6.26 Å². The smallest absolute Gasteiger partial charge is 0.372 e. The van der Waals surface area contributed by atoms with Gasteiger partial charge in [-0.2, -0.15) is 0 Å². The number of carbonyl (C=O) groups is 1. The van der Waals surface area contributed by atoms with E-state index in [2.05, 4.69) is 0 Å². The summed E-state index contributed by atoms with van der Waals surface area (Å²) in [6, 6.07) is 1.69. The Morgan fingerprint density at radius 3 is 2.92 bits per heavy atom. The zero-order chi connectivity index (χ0) is 9.84. The third-order valence-corrected chi connectivity index (χ3v) is 1.92. The van der Waals surface area contributed by atoms with E-state index in [9.17, 15) is 4.79 Å². The van der Waals surface area contributed by atoms with Crippen LogP contribution in [0.1, 0.15) is 23.0 Å². The molecule has 13 heavy (non-hydrogen) atoms. The van der Waals surface area contributed by atoms with Gasteiger partial charge in [0.1, 0.15) is 0 Å². The standard InChI is InChI=1S/C9H13NO3/c1-3-10(2)6-7-4-5-13-8(7)9(11)12/h4-5H,3,6H2,1-2H3,(H,11,12). The molecule has 1 heterocycles. The number of hydrogen-bond acceptors (Lipinski definition) is 3. The van der Waals surface area contributed by atoms with Crippen molar-refractivity contribution < 1.29 is 14.3 Å². The summed E-state index contributed by atoms with van der Waals surface area (Å²) in [4.78, 5) is 12.7. The van der Waals surface area contributed by atoms with Gasteiger partial charge in [-0.25, -0.2) is 4.79 Å². The van der Waals surface area contributed by atoms with Crippen LogP contribution in [0.3, 0.4) is 0 Å². The average Bonchev–Trinajstić information content (AvgIpc) is 2.52. The quantitative estimate of drug-likeness (QED) is 0.767. The number of aromatic carboxylic acids is 1. The Bertz CT molecular complexity index is 293. The first-order valence-electron chi connectivity index (χ1n) is 4.13. The van der Waals surface area contributed by atoms with Crippen molar-refractivity contribution in [2.45, 2.75) is 13.5 Å². The highest BCUT2D eigenvalue weighted by Crippen LogP contribution is 2.12. The van der Waals surface area contributed by atoms with Crippen LogP contribution in [0.4, 0.5) is 0 Å². The maximum Gasteiger partial charge on any atom is 0.372 e. The Hall–Kier alpha value is -1.29. The molecular formula is C9H13NO3. The summed E-state index contributed by atoms with van der Waals surface area (Å²) < 4.78 is 4.85. The van der Waals surface area contributed by atoms with Crippen molar-refractivity contribution in [3.63, 3.8) is 0 Å². The van der Waals surface area contributed by atoms with Gasteiger partial charge in [-0.3, -0.25) is 0 Å². The molecule has 1 rings (SSSR count). The SMILES string of the molecule is CCN(C)Cc1ccoc1C(=O)O. The third kappa shape index (κ3) is 2.32. The summed E-state index contributed by atoms with van der Waals surface area (Å²) in [6.07, 6.45) is 1.41. The number of carboxylic acid groups (broad SMARTS) is 1. The highest BCUT2D eigenvalue weighted by Gasteiger charge is 2.14. The zero-order valence-electron chi connectivity index (χ0n) is 7.78. The maximum atomic E-state index is 10.6. The topological polar surface area (TPSA) is 53.7 Å². The Balaban J connectivity index is 2.76. The molecule has 0 aliphatic carbocycles. The molecule has 0 unspecified atom stereocenters. The van der Waals surface area contributed by atoms with Gasteiger partial charge >= 0.3 is 5.97 Å². The fraction of sp³-hybridized carbons (Fsp3) is 0.444. The number of carboxylic acids is 1. The summed E-state index contributed by atoms with van der Waals surface area (Å²) in [5.74, 6) is -0.968. The Kier molecular flexibility index (Phi) is 3.08. The number of rotatable bonds is 4. The Labute approximate surface area is 76.8 Å². The van der Waals surface area contributed by atoms with E-state index < -0.39 is 5.97 Å². The van der Waals surface area contributed by atoms with E-state index in [1.807, 2.05) is 18.9 Å². The van der Waals surface area contributed by atoms with Gasteiger partial charge in [-0.15, -0.1) is 0 Å². The van der Waals surface area contributed by atoms with Gasteiger partial charge in [0.05, 0.1) is 6.26 Å². The van der Waals surface area contributed by atoms with Gasteiger partial charge in [0.25, 0.3) is 0 Å². The van der Waals surface area contributed by atoms with Gasteiger partial charge in [0.15, 0.2) is 0 Å². The molecule has 72 valence electrons. The molecule has 1 N–H and O–H groups in total. The van der Waals surface area contributed by atoms with E-state index in [1.54, 1.807) is 6.07 Å². The van der Waals surface area contributed by atoms with Gasteiger partial charge < -0.3 is 14.4 Å². The monoisotopic (exact) mass is 183 g/mol. The summed E-state index contributed by atoms with van der Waals surface area (Å²) in [5, 5.41) is 8.73. The molecule has 0 aromatic carbocycles. The molecule has 0 atom stereocenters. The first-order chi connectivity index (χ1) is 6.15. The molecule has 0 amide bonds. The molecule has 0 radical (unpaired) electrons. The molecule has 1 aromatic heterocycles. The molecule has 0 saturated carbocycles. The molecule has 0 bridgehead atoms. The lowest BCUT2D eigenvalue weighted by Gasteiger charge is -2.12. The lowest BCUT2D eigenvalue weighted by atomic mass is 10.2.